The van der Waals surface area contributed by atoms with Crippen molar-refractivity contribution in [3.05, 3.63) is 23.9 Å². The van der Waals surface area contributed by atoms with Crippen LogP contribution in [-0.4, -0.2) is 21.4 Å². The molecule has 6 heteroatoms. The van der Waals surface area contributed by atoms with Gasteiger partial charge in [-0.1, -0.05) is 6.08 Å². The maximum Gasteiger partial charge on any atom is 0.340 e. The second kappa shape index (κ2) is 4.70. The quantitative estimate of drug-likeness (QED) is 0.765. The standard InChI is InChI=1S/C9H10N2O3S/c1-3-4-6(12)10-8-7(9(13)14)5(2)11-15-8/h3H,1,4H2,2H3,(H,10,12)(H,13,14). The van der Waals surface area contributed by atoms with Crippen LogP contribution in [-0.2, 0) is 4.79 Å². The first kappa shape index (κ1) is 11.4. The number of carbonyl (C=O) groups is 2. The lowest BCUT2D eigenvalue weighted by Crippen LogP contribution is -2.12. The number of aromatic carboxylic acids is 1. The highest BCUT2D eigenvalue weighted by Crippen LogP contribution is 2.24. The van der Waals surface area contributed by atoms with Crippen molar-refractivity contribution in [2.45, 2.75) is 13.3 Å². The van der Waals surface area contributed by atoms with Crippen LogP contribution >= 0.6 is 11.5 Å². The van der Waals surface area contributed by atoms with Gasteiger partial charge in [-0.05, 0) is 18.5 Å². The zero-order valence-electron chi connectivity index (χ0n) is 8.11. The second-order valence-corrected chi connectivity index (χ2v) is 3.59. The molecule has 1 heterocycles. The third-order valence-corrected chi connectivity index (χ3v) is 2.51. The summed E-state index contributed by atoms with van der Waals surface area (Å²) in [6, 6.07) is 0. The Hall–Kier alpha value is -1.69. The number of amides is 1. The predicted octanol–water partition coefficient (Wildman–Crippen LogP) is 1.66. The molecule has 0 fully saturated rings. The van der Waals surface area contributed by atoms with E-state index in [-0.39, 0.29) is 22.9 Å². The van der Waals surface area contributed by atoms with Crippen molar-refractivity contribution in [2.24, 2.45) is 0 Å². The van der Waals surface area contributed by atoms with E-state index in [1.54, 1.807) is 6.92 Å². The number of aryl methyl sites for hydroxylation is 1. The van der Waals surface area contributed by atoms with E-state index in [9.17, 15) is 9.59 Å². The van der Waals surface area contributed by atoms with Gasteiger partial charge in [0.25, 0.3) is 0 Å². The Bertz CT molecular complexity index is 411. The number of carboxylic acid groups (broad SMARTS) is 1. The maximum absolute atomic E-state index is 11.2. The number of nitrogens with zero attached hydrogens (tertiary/aromatic N) is 1. The minimum atomic E-state index is -1.09. The SMILES string of the molecule is C=CCC(=O)Nc1snc(C)c1C(=O)O. The largest absolute Gasteiger partial charge is 0.478 e. The van der Waals surface area contributed by atoms with Gasteiger partial charge in [-0.25, -0.2) is 4.79 Å². The second-order valence-electron chi connectivity index (χ2n) is 2.82. The molecule has 0 aliphatic carbocycles. The predicted molar refractivity (Wildman–Crippen MR) is 57.3 cm³/mol. The molecule has 0 aliphatic heterocycles. The van der Waals surface area contributed by atoms with Gasteiger partial charge in [0.1, 0.15) is 10.6 Å². The van der Waals surface area contributed by atoms with E-state index in [1.807, 2.05) is 0 Å². The third kappa shape index (κ3) is 2.63. The van der Waals surface area contributed by atoms with Crippen LogP contribution < -0.4 is 5.32 Å². The van der Waals surface area contributed by atoms with E-state index in [1.165, 1.54) is 6.08 Å². The van der Waals surface area contributed by atoms with Gasteiger partial charge in [-0.2, -0.15) is 4.37 Å². The highest BCUT2D eigenvalue weighted by molar-refractivity contribution is 7.11. The Morgan fingerprint density at radius 1 is 1.67 bits per heavy atom. The fourth-order valence-corrected chi connectivity index (χ4v) is 1.82. The minimum Gasteiger partial charge on any atom is -0.478 e. The molecule has 0 aromatic carbocycles. The Morgan fingerprint density at radius 2 is 2.33 bits per heavy atom. The Balaban J connectivity index is 2.90. The van der Waals surface area contributed by atoms with Crippen molar-refractivity contribution < 1.29 is 14.7 Å². The zero-order valence-corrected chi connectivity index (χ0v) is 8.93. The first-order chi connectivity index (χ1) is 7.06. The molecule has 80 valence electrons. The summed E-state index contributed by atoms with van der Waals surface area (Å²) in [4.78, 5) is 22.0. The van der Waals surface area contributed by atoms with E-state index in [2.05, 4.69) is 16.3 Å². The number of aromatic nitrogens is 1. The normalized spacial score (nSPS) is 9.67. The Kier molecular flexibility index (Phi) is 3.56. The zero-order chi connectivity index (χ0) is 11.4. The van der Waals surface area contributed by atoms with Crippen LogP contribution in [0.3, 0.4) is 0 Å². The molecule has 0 unspecified atom stereocenters. The van der Waals surface area contributed by atoms with Crippen molar-refractivity contribution in [3.63, 3.8) is 0 Å². The molecule has 2 N–H and O–H groups in total. The summed E-state index contributed by atoms with van der Waals surface area (Å²) in [5, 5.41) is 11.6. The molecule has 1 aromatic rings. The minimum absolute atomic E-state index is 0.0532. The van der Waals surface area contributed by atoms with Gasteiger partial charge < -0.3 is 10.4 Å². The highest BCUT2D eigenvalue weighted by Gasteiger charge is 2.18. The fourth-order valence-electron chi connectivity index (χ4n) is 1.02. The smallest absolute Gasteiger partial charge is 0.340 e. The lowest BCUT2D eigenvalue weighted by atomic mass is 10.2. The summed E-state index contributed by atoms with van der Waals surface area (Å²) < 4.78 is 3.87. The van der Waals surface area contributed by atoms with E-state index in [0.29, 0.717) is 5.69 Å². The molecule has 0 saturated heterocycles. The van der Waals surface area contributed by atoms with Gasteiger partial charge in [-0.3, -0.25) is 4.79 Å². The van der Waals surface area contributed by atoms with E-state index in [4.69, 9.17) is 5.11 Å². The third-order valence-electron chi connectivity index (χ3n) is 1.66. The molecule has 0 bridgehead atoms. The van der Waals surface area contributed by atoms with Gasteiger partial charge in [-0.15, -0.1) is 6.58 Å². The molecule has 5 nitrogen and oxygen atoms in total. The van der Waals surface area contributed by atoms with Crippen LogP contribution in [0.1, 0.15) is 22.5 Å². The summed E-state index contributed by atoms with van der Waals surface area (Å²) in [7, 11) is 0. The highest BCUT2D eigenvalue weighted by atomic mass is 32.1. The van der Waals surface area contributed by atoms with E-state index >= 15 is 0 Å². The Morgan fingerprint density at radius 3 is 2.87 bits per heavy atom. The lowest BCUT2D eigenvalue weighted by Gasteiger charge is -2.00. The average molecular weight is 226 g/mol. The number of rotatable bonds is 4. The first-order valence-electron chi connectivity index (χ1n) is 4.16. The van der Waals surface area contributed by atoms with Crippen LogP contribution in [0.5, 0.6) is 0 Å². The molecule has 0 spiro atoms. The molecule has 0 atom stereocenters. The van der Waals surface area contributed by atoms with Crippen molar-refractivity contribution in [2.75, 3.05) is 5.32 Å². The molecule has 1 rings (SSSR count). The number of hydrogen-bond donors (Lipinski definition) is 2. The Labute approximate surface area is 90.6 Å². The number of carboxylic acids is 1. The van der Waals surface area contributed by atoms with E-state index < -0.39 is 5.97 Å². The van der Waals surface area contributed by atoms with Crippen molar-refractivity contribution in [1.29, 1.82) is 0 Å². The van der Waals surface area contributed by atoms with Crippen LogP contribution in [0.15, 0.2) is 12.7 Å². The average Bonchev–Trinajstić information content (AvgIpc) is 2.47. The molecule has 0 aliphatic rings. The molecular formula is C9H10N2O3S. The monoisotopic (exact) mass is 226 g/mol. The molecular weight excluding hydrogens is 216 g/mol. The van der Waals surface area contributed by atoms with Crippen LogP contribution in [0.2, 0.25) is 0 Å². The van der Waals surface area contributed by atoms with Gasteiger partial charge in [0.15, 0.2) is 0 Å². The van der Waals surface area contributed by atoms with Crippen molar-refractivity contribution in [1.82, 2.24) is 4.37 Å². The van der Waals surface area contributed by atoms with Crippen LogP contribution in [0, 0.1) is 6.92 Å². The molecule has 1 amide bonds. The molecule has 15 heavy (non-hydrogen) atoms. The first-order valence-corrected chi connectivity index (χ1v) is 4.94. The fraction of sp³-hybridized carbons (Fsp3) is 0.222. The molecule has 0 radical (unpaired) electrons. The van der Waals surface area contributed by atoms with Crippen LogP contribution in [0.4, 0.5) is 5.00 Å². The lowest BCUT2D eigenvalue weighted by molar-refractivity contribution is -0.115. The van der Waals surface area contributed by atoms with Gasteiger partial charge in [0, 0.05) is 6.42 Å². The van der Waals surface area contributed by atoms with Gasteiger partial charge in [0.2, 0.25) is 5.91 Å². The van der Waals surface area contributed by atoms with Gasteiger partial charge in [0.05, 0.1) is 5.69 Å². The van der Waals surface area contributed by atoms with Crippen LogP contribution in [0.25, 0.3) is 0 Å². The van der Waals surface area contributed by atoms with Gasteiger partial charge >= 0.3 is 5.97 Å². The summed E-state index contributed by atoms with van der Waals surface area (Å²) in [6.07, 6.45) is 1.60. The van der Waals surface area contributed by atoms with Crippen molar-refractivity contribution >= 4 is 28.4 Å². The number of anilines is 1. The summed E-state index contributed by atoms with van der Waals surface area (Å²) in [6.45, 7) is 5.00. The molecule has 0 saturated carbocycles. The molecule has 1 aromatic heterocycles. The maximum atomic E-state index is 11.2. The summed E-state index contributed by atoms with van der Waals surface area (Å²) >= 11 is 0.962. The summed E-state index contributed by atoms with van der Waals surface area (Å²) in [5.41, 5.74) is 0.457. The number of carbonyl (C=O) groups excluding carboxylic acids is 1. The van der Waals surface area contributed by atoms with Crippen molar-refractivity contribution in [3.8, 4) is 0 Å². The summed E-state index contributed by atoms with van der Waals surface area (Å²) in [5.74, 6) is -1.38. The topological polar surface area (TPSA) is 79.3 Å². The number of hydrogen-bond acceptors (Lipinski definition) is 4. The van der Waals surface area contributed by atoms with E-state index in [0.717, 1.165) is 11.5 Å². The number of nitrogens with one attached hydrogen (secondary N) is 1.